The summed E-state index contributed by atoms with van der Waals surface area (Å²) in [6.07, 6.45) is 0. The SMILES string of the molecule is c1ccc(-c2ccc(-c3nc(-c4ccc(-c5ccc6c(c5)sc5ccccc56)cc4)nc(-c4ccc(-c5c6ccccc6cc6c5ccc5ccccc56)cc4)n3)cc2)cc1. The molecule has 0 spiro atoms. The minimum atomic E-state index is 0.631. The van der Waals surface area contributed by atoms with E-state index >= 15 is 0 Å². The van der Waals surface area contributed by atoms with E-state index in [0.717, 1.165) is 33.4 Å². The highest BCUT2D eigenvalue weighted by molar-refractivity contribution is 7.25. The van der Waals surface area contributed by atoms with Crippen molar-refractivity contribution >= 4 is 63.8 Å². The summed E-state index contributed by atoms with van der Waals surface area (Å²) in [7, 11) is 0. The predicted molar refractivity (Wildman–Crippen MR) is 258 cm³/mol. The van der Waals surface area contributed by atoms with Crippen LogP contribution in [0.4, 0.5) is 0 Å². The Bertz CT molecular complexity index is 3610. The Labute approximate surface area is 356 Å². The molecule has 10 aromatic carbocycles. The highest BCUT2D eigenvalue weighted by atomic mass is 32.1. The van der Waals surface area contributed by atoms with Gasteiger partial charge in [-0.2, -0.15) is 0 Å². The number of aromatic nitrogens is 3. The van der Waals surface area contributed by atoms with Gasteiger partial charge in [0.1, 0.15) is 0 Å². The second-order valence-electron chi connectivity index (χ2n) is 15.6. The van der Waals surface area contributed by atoms with Crippen LogP contribution in [0.3, 0.4) is 0 Å². The minimum absolute atomic E-state index is 0.631. The van der Waals surface area contributed by atoms with Crippen molar-refractivity contribution in [3.8, 4) is 67.5 Å². The van der Waals surface area contributed by atoms with Crippen molar-refractivity contribution < 1.29 is 0 Å². The van der Waals surface area contributed by atoms with Crippen molar-refractivity contribution in [2.75, 3.05) is 0 Å². The number of hydrogen-bond acceptors (Lipinski definition) is 4. The van der Waals surface area contributed by atoms with E-state index in [2.05, 4.69) is 206 Å². The summed E-state index contributed by atoms with van der Waals surface area (Å²) >= 11 is 1.84. The molecule has 0 fully saturated rings. The van der Waals surface area contributed by atoms with Crippen molar-refractivity contribution in [2.45, 2.75) is 0 Å². The van der Waals surface area contributed by atoms with Crippen LogP contribution in [0.25, 0.3) is 120 Å². The molecule has 3 nitrogen and oxygen atoms in total. The van der Waals surface area contributed by atoms with E-state index in [1.54, 1.807) is 0 Å². The summed E-state index contributed by atoms with van der Waals surface area (Å²) in [6, 6.07) is 75.9. The average Bonchev–Trinajstić information content (AvgIpc) is 3.71. The molecule has 0 saturated carbocycles. The first-order chi connectivity index (χ1) is 30.2. The lowest BCUT2D eigenvalue weighted by atomic mass is 9.89. The largest absolute Gasteiger partial charge is 0.208 e. The maximum atomic E-state index is 5.15. The third-order valence-corrected chi connectivity index (χ3v) is 13.1. The van der Waals surface area contributed by atoms with Crippen LogP contribution in [0, 0.1) is 0 Å². The standard InChI is InChI=1S/C57H35N3S/c1-2-10-36(11-3-1)37-18-24-41(25-19-37)55-58-56(42-26-20-38(21-27-42)44-31-32-49-48-16-8-9-17-52(48)61-53(49)35-44)60-57(59-55)43-28-22-40(23-29-43)54-47-15-7-5-13-45(47)34-51-46-14-6-4-12-39(46)30-33-50(51)54/h1-35H. The molecule has 0 radical (unpaired) electrons. The Morgan fingerprint density at radius 2 is 0.705 bits per heavy atom. The summed E-state index contributed by atoms with van der Waals surface area (Å²) in [5.41, 5.74) is 9.83. The summed E-state index contributed by atoms with van der Waals surface area (Å²) < 4.78 is 2.60. The van der Waals surface area contributed by atoms with Gasteiger partial charge in [0.15, 0.2) is 17.5 Å². The molecule has 12 rings (SSSR count). The van der Waals surface area contributed by atoms with E-state index in [4.69, 9.17) is 15.0 Å². The van der Waals surface area contributed by atoms with Crippen LogP contribution >= 0.6 is 11.3 Å². The maximum Gasteiger partial charge on any atom is 0.164 e. The maximum absolute atomic E-state index is 5.15. The molecule has 2 heterocycles. The highest BCUT2D eigenvalue weighted by Gasteiger charge is 2.16. The molecule has 0 aliphatic heterocycles. The molecule has 12 aromatic rings. The fraction of sp³-hybridized carbons (Fsp3) is 0. The number of fused-ring (bicyclic) bond motifs is 7. The molecule has 0 amide bonds. The lowest BCUT2D eigenvalue weighted by molar-refractivity contribution is 1.07. The quantitative estimate of drug-likeness (QED) is 0.124. The zero-order valence-corrected chi connectivity index (χ0v) is 33.8. The molecule has 4 heteroatoms. The van der Waals surface area contributed by atoms with Gasteiger partial charge in [0, 0.05) is 36.9 Å². The molecule has 0 N–H and O–H groups in total. The van der Waals surface area contributed by atoms with Crippen LogP contribution in [-0.4, -0.2) is 15.0 Å². The second kappa shape index (κ2) is 14.5. The van der Waals surface area contributed by atoms with Crippen LogP contribution in [0.15, 0.2) is 212 Å². The van der Waals surface area contributed by atoms with Gasteiger partial charge in [0.25, 0.3) is 0 Å². The third-order valence-electron chi connectivity index (χ3n) is 11.9. The molecule has 0 aliphatic rings. The minimum Gasteiger partial charge on any atom is -0.208 e. The number of thiophene rings is 1. The number of rotatable bonds is 6. The van der Waals surface area contributed by atoms with E-state index < -0.39 is 0 Å². The highest BCUT2D eigenvalue weighted by Crippen LogP contribution is 2.41. The van der Waals surface area contributed by atoms with E-state index in [0.29, 0.717) is 17.5 Å². The van der Waals surface area contributed by atoms with Crippen molar-refractivity contribution in [1.29, 1.82) is 0 Å². The Morgan fingerprint density at radius 1 is 0.246 bits per heavy atom. The van der Waals surface area contributed by atoms with Gasteiger partial charge in [-0.1, -0.05) is 194 Å². The summed E-state index contributed by atoms with van der Waals surface area (Å²) in [6.45, 7) is 0. The van der Waals surface area contributed by atoms with Gasteiger partial charge in [-0.05, 0) is 83.9 Å². The van der Waals surface area contributed by atoms with Crippen LogP contribution in [-0.2, 0) is 0 Å². The Hall–Kier alpha value is -7.79. The molecular formula is C57H35N3S. The van der Waals surface area contributed by atoms with E-state index in [1.165, 1.54) is 69.2 Å². The van der Waals surface area contributed by atoms with Crippen LogP contribution in [0.1, 0.15) is 0 Å². The summed E-state index contributed by atoms with van der Waals surface area (Å²) in [5, 5.41) is 10.1. The van der Waals surface area contributed by atoms with Gasteiger partial charge < -0.3 is 0 Å². The Morgan fingerprint density at radius 3 is 1.38 bits per heavy atom. The number of hydrogen-bond donors (Lipinski definition) is 0. The van der Waals surface area contributed by atoms with Crippen molar-refractivity contribution in [3.05, 3.63) is 212 Å². The van der Waals surface area contributed by atoms with Gasteiger partial charge in [0.05, 0.1) is 0 Å². The Balaban J connectivity index is 0.952. The molecule has 284 valence electrons. The smallest absolute Gasteiger partial charge is 0.164 e. The fourth-order valence-corrected chi connectivity index (χ4v) is 9.99. The van der Waals surface area contributed by atoms with Gasteiger partial charge in [0.2, 0.25) is 0 Å². The molecule has 61 heavy (non-hydrogen) atoms. The molecule has 2 aromatic heterocycles. The molecule has 0 bridgehead atoms. The molecule has 0 unspecified atom stereocenters. The summed E-state index contributed by atoms with van der Waals surface area (Å²) in [4.78, 5) is 15.4. The monoisotopic (exact) mass is 793 g/mol. The molecule has 0 aliphatic carbocycles. The van der Waals surface area contributed by atoms with Crippen molar-refractivity contribution in [2.24, 2.45) is 0 Å². The van der Waals surface area contributed by atoms with Crippen molar-refractivity contribution in [1.82, 2.24) is 15.0 Å². The van der Waals surface area contributed by atoms with Crippen LogP contribution in [0.2, 0.25) is 0 Å². The fourth-order valence-electron chi connectivity index (χ4n) is 8.84. The van der Waals surface area contributed by atoms with Crippen LogP contribution < -0.4 is 0 Å². The zero-order chi connectivity index (χ0) is 40.3. The van der Waals surface area contributed by atoms with Crippen LogP contribution in [0.5, 0.6) is 0 Å². The first-order valence-electron chi connectivity index (χ1n) is 20.6. The van der Waals surface area contributed by atoms with Crippen molar-refractivity contribution in [3.63, 3.8) is 0 Å². The van der Waals surface area contributed by atoms with Gasteiger partial charge in [-0.15, -0.1) is 11.3 Å². The Kier molecular flexibility index (Phi) is 8.36. The average molecular weight is 794 g/mol. The second-order valence-corrected chi connectivity index (χ2v) is 16.7. The third kappa shape index (κ3) is 6.24. The zero-order valence-electron chi connectivity index (χ0n) is 33.0. The topological polar surface area (TPSA) is 38.7 Å². The first kappa shape index (κ1) is 35.2. The molecule has 0 saturated heterocycles. The van der Waals surface area contributed by atoms with Gasteiger partial charge in [-0.3, -0.25) is 0 Å². The normalized spacial score (nSPS) is 11.6. The van der Waals surface area contributed by atoms with Gasteiger partial charge >= 0.3 is 0 Å². The number of nitrogens with zero attached hydrogens (tertiary/aromatic N) is 3. The molecule has 0 atom stereocenters. The first-order valence-corrected chi connectivity index (χ1v) is 21.4. The van der Waals surface area contributed by atoms with E-state index in [1.807, 2.05) is 17.4 Å². The van der Waals surface area contributed by atoms with E-state index in [9.17, 15) is 0 Å². The lowest BCUT2D eigenvalue weighted by Crippen LogP contribution is -2.00. The lowest BCUT2D eigenvalue weighted by Gasteiger charge is -2.14. The predicted octanol–water partition coefficient (Wildman–Crippen LogP) is 15.7. The van der Waals surface area contributed by atoms with E-state index in [-0.39, 0.29) is 0 Å². The molecular weight excluding hydrogens is 759 g/mol. The number of benzene rings is 10. The van der Waals surface area contributed by atoms with Gasteiger partial charge in [-0.25, -0.2) is 15.0 Å². The summed E-state index contributed by atoms with van der Waals surface area (Å²) in [5.74, 6) is 1.90.